The molecule has 0 unspecified atom stereocenters. The van der Waals surface area contributed by atoms with Crippen molar-refractivity contribution >= 4 is 18.0 Å². The van der Waals surface area contributed by atoms with Crippen molar-refractivity contribution in [3.63, 3.8) is 0 Å². The third-order valence-electron chi connectivity index (χ3n) is 1.75. The second-order valence-electron chi connectivity index (χ2n) is 3.22. The number of hydrogen-bond acceptors (Lipinski definition) is 5. The fraction of sp³-hybridized carbons (Fsp3) is 0.364. The molecule has 0 atom stereocenters. The second kappa shape index (κ2) is 7.88. The maximum atomic E-state index is 11.3. The molecule has 1 amide bonds. The SMILES string of the molecule is CCOC(=O)NOC(=O)C(C)=CC=C(C)C(=O)O. The maximum absolute atomic E-state index is 11.3. The van der Waals surface area contributed by atoms with Crippen LogP contribution in [0.25, 0.3) is 0 Å². The summed E-state index contributed by atoms with van der Waals surface area (Å²) in [6, 6.07) is 0. The number of carbonyl (C=O) groups is 3. The number of amides is 1. The van der Waals surface area contributed by atoms with E-state index in [1.165, 1.54) is 26.0 Å². The van der Waals surface area contributed by atoms with Gasteiger partial charge in [0.1, 0.15) is 0 Å². The van der Waals surface area contributed by atoms with Gasteiger partial charge in [-0.2, -0.15) is 0 Å². The monoisotopic (exact) mass is 257 g/mol. The van der Waals surface area contributed by atoms with Crippen LogP contribution in [0.15, 0.2) is 23.3 Å². The topological polar surface area (TPSA) is 102 Å². The van der Waals surface area contributed by atoms with E-state index in [0.717, 1.165) is 0 Å². The predicted molar refractivity (Wildman–Crippen MR) is 61.4 cm³/mol. The fourth-order valence-corrected chi connectivity index (χ4v) is 0.718. The first kappa shape index (κ1) is 15.7. The number of rotatable bonds is 4. The number of carbonyl (C=O) groups excluding carboxylic acids is 2. The van der Waals surface area contributed by atoms with Crippen LogP contribution in [0.3, 0.4) is 0 Å². The molecule has 2 N–H and O–H groups in total. The van der Waals surface area contributed by atoms with Gasteiger partial charge in [-0.1, -0.05) is 12.2 Å². The zero-order chi connectivity index (χ0) is 14.1. The molecule has 0 aliphatic heterocycles. The van der Waals surface area contributed by atoms with Crippen LogP contribution in [0.1, 0.15) is 20.8 Å². The molecule has 0 aromatic carbocycles. The van der Waals surface area contributed by atoms with Crippen LogP contribution < -0.4 is 5.48 Å². The molecule has 0 aromatic rings. The summed E-state index contributed by atoms with van der Waals surface area (Å²) in [7, 11) is 0. The summed E-state index contributed by atoms with van der Waals surface area (Å²) in [4.78, 5) is 37.0. The van der Waals surface area contributed by atoms with Crippen molar-refractivity contribution in [1.29, 1.82) is 0 Å². The van der Waals surface area contributed by atoms with E-state index >= 15 is 0 Å². The van der Waals surface area contributed by atoms with E-state index in [2.05, 4.69) is 9.57 Å². The Labute approximate surface area is 104 Å². The van der Waals surface area contributed by atoms with Crippen molar-refractivity contribution in [1.82, 2.24) is 5.48 Å². The molecule has 0 saturated heterocycles. The highest BCUT2D eigenvalue weighted by molar-refractivity contribution is 5.90. The number of nitrogens with one attached hydrogen (secondary N) is 1. The fourth-order valence-electron chi connectivity index (χ4n) is 0.718. The van der Waals surface area contributed by atoms with Gasteiger partial charge >= 0.3 is 18.0 Å². The second-order valence-corrected chi connectivity index (χ2v) is 3.22. The molecule has 0 rings (SSSR count). The number of carboxylic acid groups (broad SMARTS) is 1. The van der Waals surface area contributed by atoms with Gasteiger partial charge in [-0.25, -0.2) is 14.4 Å². The van der Waals surface area contributed by atoms with E-state index in [1.807, 2.05) is 0 Å². The van der Waals surface area contributed by atoms with Crippen molar-refractivity contribution in [2.24, 2.45) is 0 Å². The van der Waals surface area contributed by atoms with Crippen molar-refractivity contribution < 1.29 is 29.1 Å². The smallest absolute Gasteiger partial charge is 0.440 e. The molecule has 18 heavy (non-hydrogen) atoms. The van der Waals surface area contributed by atoms with Crippen molar-refractivity contribution in [3.05, 3.63) is 23.3 Å². The van der Waals surface area contributed by atoms with Crippen molar-refractivity contribution in [2.45, 2.75) is 20.8 Å². The molecule has 0 aliphatic rings. The number of allylic oxidation sites excluding steroid dienone is 2. The minimum Gasteiger partial charge on any atom is -0.478 e. The first-order valence-corrected chi connectivity index (χ1v) is 5.10. The van der Waals surface area contributed by atoms with E-state index in [1.54, 1.807) is 12.4 Å². The van der Waals surface area contributed by atoms with Crippen molar-refractivity contribution in [2.75, 3.05) is 6.61 Å². The summed E-state index contributed by atoms with van der Waals surface area (Å²) >= 11 is 0. The molecule has 0 heterocycles. The van der Waals surface area contributed by atoms with E-state index in [4.69, 9.17) is 5.11 Å². The highest BCUT2D eigenvalue weighted by Crippen LogP contribution is 1.99. The maximum Gasteiger partial charge on any atom is 0.440 e. The lowest BCUT2D eigenvalue weighted by Gasteiger charge is -2.04. The van der Waals surface area contributed by atoms with Gasteiger partial charge < -0.3 is 14.7 Å². The van der Waals surface area contributed by atoms with E-state index in [9.17, 15) is 14.4 Å². The van der Waals surface area contributed by atoms with Crippen LogP contribution in [0.2, 0.25) is 0 Å². The van der Waals surface area contributed by atoms with Gasteiger partial charge in [0, 0.05) is 11.1 Å². The predicted octanol–water partition coefficient (Wildman–Crippen LogP) is 1.17. The van der Waals surface area contributed by atoms with Gasteiger partial charge in [-0.3, -0.25) is 0 Å². The summed E-state index contributed by atoms with van der Waals surface area (Å²) in [6.45, 7) is 4.56. The first-order valence-electron chi connectivity index (χ1n) is 5.10. The van der Waals surface area contributed by atoms with Crippen LogP contribution >= 0.6 is 0 Å². The Bertz CT molecular complexity index is 396. The van der Waals surface area contributed by atoms with Crippen LogP contribution in [0.4, 0.5) is 4.79 Å². The minimum atomic E-state index is -1.09. The summed E-state index contributed by atoms with van der Waals surface area (Å²) in [6.07, 6.45) is 1.65. The molecule has 0 aliphatic carbocycles. The summed E-state index contributed by atoms with van der Waals surface area (Å²) in [5.41, 5.74) is 1.99. The molecular weight excluding hydrogens is 242 g/mol. The number of hydroxylamine groups is 1. The quantitative estimate of drug-likeness (QED) is 0.445. The average Bonchev–Trinajstić information content (AvgIpc) is 2.32. The number of ether oxygens (including phenoxy) is 1. The Morgan fingerprint density at radius 2 is 1.72 bits per heavy atom. The molecule has 0 saturated carbocycles. The van der Waals surface area contributed by atoms with Crippen LogP contribution in [-0.2, 0) is 19.2 Å². The molecule has 0 radical (unpaired) electrons. The zero-order valence-corrected chi connectivity index (χ0v) is 10.4. The summed E-state index contributed by atoms with van der Waals surface area (Å²) < 4.78 is 4.47. The standard InChI is InChI=1S/C11H15NO6/c1-4-17-11(16)12-18-10(15)8(3)6-5-7(2)9(13)14/h5-6H,4H2,1-3H3,(H,12,16)(H,13,14). The van der Waals surface area contributed by atoms with Crippen LogP contribution in [0, 0.1) is 0 Å². The summed E-state index contributed by atoms with van der Waals surface area (Å²) in [5, 5.41) is 8.58. The molecule has 100 valence electrons. The van der Waals surface area contributed by atoms with Gasteiger partial charge in [0.25, 0.3) is 0 Å². The number of aliphatic carboxylic acids is 1. The molecule has 0 fully saturated rings. The molecule has 7 heteroatoms. The Morgan fingerprint density at radius 3 is 2.22 bits per heavy atom. The third kappa shape index (κ3) is 6.31. The molecule has 0 spiro atoms. The normalized spacial score (nSPS) is 11.7. The van der Waals surface area contributed by atoms with Gasteiger partial charge in [-0.05, 0) is 20.8 Å². The Hall–Kier alpha value is -2.31. The van der Waals surface area contributed by atoms with Gasteiger partial charge in [0.15, 0.2) is 0 Å². The molecule has 0 aromatic heterocycles. The average molecular weight is 257 g/mol. The lowest BCUT2D eigenvalue weighted by Crippen LogP contribution is -2.28. The molecule has 0 bridgehead atoms. The van der Waals surface area contributed by atoms with Gasteiger partial charge in [0.05, 0.1) is 6.61 Å². The highest BCUT2D eigenvalue weighted by Gasteiger charge is 2.08. The lowest BCUT2D eigenvalue weighted by molar-refractivity contribution is -0.145. The van der Waals surface area contributed by atoms with E-state index in [-0.39, 0.29) is 17.8 Å². The van der Waals surface area contributed by atoms with Gasteiger partial charge in [0.2, 0.25) is 0 Å². The third-order valence-corrected chi connectivity index (χ3v) is 1.75. The van der Waals surface area contributed by atoms with E-state index < -0.39 is 18.0 Å². The van der Waals surface area contributed by atoms with Crippen molar-refractivity contribution in [3.8, 4) is 0 Å². The zero-order valence-electron chi connectivity index (χ0n) is 10.4. The highest BCUT2D eigenvalue weighted by atomic mass is 16.7. The molecule has 7 nitrogen and oxygen atoms in total. The Balaban J connectivity index is 4.35. The van der Waals surface area contributed by atoms with Gasteiger partial charge in [-0.15, -0.1) is 5.48 Å². The largest absolute Gasteiger partial charge is 0.478 e. The number of hydrogen-bond donors (Lipinski definition) is 2. The number of carboxylic acids is 1. The Kier molecular flexibility index (Phi) is 6.87. The lowest BCUT2D eigenvalue weighted by atomic mass is 10.2. The molecular formula is C11H15NO6. The van der Waals surface area contributed by atoms with E-state index in [0.29, 0.717) is 0 Å². The first-order chi connectivity index (χ1) is 8.38. The van der Waals surface area contributed by atoms with Crippen LogP contribution in [-0.4, -0.2) is 29.7 Å². The summed E-state index contributed by atoms with van der Waals surface area (Å²) in [5.74, 6) is -1.89. The Morgan fingerprint density at radius 1 is 1.17 bits per heavy atom. The van der Waals surface area contributed by atoms with Crippen LogP contribution in [0.5, 0.6) is 0 Å². The minimum absolute atomic E-state index is 0.0699.